The van der Waals surface area contributed by atoms with Crippen molar-refractivity contribution in [2.75, 3.05) is 58.4 Å². The Morgan fingerprint density at radius 1 is 0.913 bits per heavy atom. The van der Waals surface area contributed by atoms with Crippen LogP contribution in [0.3, 0.4) is 0 Å². The number of piperidine rings is 1. The van der Waals surface area contributed by atoms with Gasteiger partial charge in [0, 0.05) is 18.4 Å². The lowest BCUT2D eigenvalue weighted by Gasteiger charge is -2.45. The van der Waals surface area contributed by atoms with E-state index in [0.29, 0.717) is 5.56 Å². The highest BCUT2D eigenvalue weighted by molar-refractivity contribution is 6.31. The summed E-state index contributed by atoms with van der Waals surface area (Å²) in [7, 11) is 2.94. The average molecular weight is 653 g/mol. The Hall–Kier alpha value is -4.42. The number of likely N-dealkylation sites (tertiary alicyclic amines) is 1. The van der Waals surface area contributed by atoms with Gasteiger partial charge in [0.15, 0.2) is 22.5 Å². The highest BCUT2D eigenvalue weighted by atomic mass is 35.5. The Morgan fingerprint density at radius 3 is 2.15 bits per heavy atom. The zero-order valence-corrected chi connectivity index (χ0v) is 27.1. The van der Waals surface area contributed by atoms with Crippen molar-refractivity contribution in [2.24, 2.45) is 0 Å². The molecule has 0 bridgehead atoms. The summed E-state index contributed by atoms with van der Waals surface area (Å²) < 4.78 is 10.7. The smallest absolute Gasteiger partial charge is 0.325 e. The van der Waals surface area contributed by atoms with Crippen LogP contribution in [0.2, 0.25) is 5.15 Å². The van der Waals surface area contributed by atoms with Crippen LogP contribution in [0, 0.1) is 0 Å². The molecule has 0 radical (unpaired) electrons. The molecule has 0 spiro atoms. The number of anilines is 2. The van der Waals surface area contributed by atoms with Crippen LogP contribution in [-0.4, -0.2) is 85.2 Å². The second kappa shape index (κ2) is 16.2. The maximum atomic E-state index is 13.2. The van der Waals surface area contributed by atoms with E-state index in [1.807, 2.05) is 24.3 Å². The molecule has 0 aliphatic carbocycles. The number of hydrogen-bond acceptors (Lipinski definition) is 9. The molecule has 46 heavy (non-hydrogen) atoms. The van der Waals surface area contributed by atoms with Crippen LogP contribution in [0.1, 0.15) is 57.7 Å². The molecule has 13 heteroatoms. The summed E-state index contributed by atoms with van der Waals surface area (Å²) in [5.74, 6) is -0.471. The van der Waals surface area contributed by atoms with Gasteiger partial charge in [-0.15, -0.1) is 0 Å². The highest BCUT2D eigenvalue weighted by Gasteiger charge is 2.35. The first-order valence-corrected chi connectivity index (χ1v) is 15.8. The van der Waals surface area contributed by atoms with Crippen LogP contribution >= 0.6 is 11.6 Å². The van der Waals surface area contributed by atoms with Gasteiger partial charge in [0.05, 0.1) is 46.4 Å². The molecular formula is C33H43ClN7O5+. The minimum Gasteiger partial charge on any atom is -0.497 e. The van der Waals surface area contributed by atoms with Crippen LogP contribution in [0.15, 0.2) is 48.5 Å². The van der Waals surface area contributed by atoms with Gasteiger partial charge >= 0.3 is 5.97 Å². The third-order valence-electron chi connectivity index (χ3n) is 8.44. The predicted octanol–water partition coefficient (Wildman–Crippen LogP) is 3.18. The van der Waals surface area contributed by atoms with Crippen LogP contribution in [0.25, 0.3) is 0 Å². The van der Waals surface area contributed by atoms with E-state index >= 15 is 0 Å². The summed E-state index contributed by atoms with van der Waals surface area (Å²) in [5.41, 5.74) is 14.5. The van der Waals surface area contributed by atoms with Gasteiger partial charge in [-0.3, -0.25) is 14.4 Å². The number of ether oxygens (including phenoxy) is 2. The Morgan fingerprint density at radius 2 is 1.54 bits per heavy atom. The van der Waals surface area contributed by atoms with Crippen molar-refractivity contribution in [2.45, 2.75) is 44.6 Å². The number of nitrogens with two attached hydrogens (primary N) is 2. The average Bonchev–Trinajstić information content (AvgIpc) is 3.06. The second-order valence-corrected chi connectivity index (χ2v) is 12.0. The lowest BCUT2D eigenvalue weighted by atomic mass is 9.99. The van der Waals surface area contributed by atoms with E-state index in [-0.39, 0.29) is 41.0 Å². The number of aryl methyl sites for hydroxylation is 2. The molecule has 3 aromatic rings. The van der Waals surface area contributed by atoms with Gasteiger partial charge in [-0.1, -0.05) is 35.9 Å². The molecule has 1 aliphatic heterocycles. The van der Waals surface area contributed by atoms with Crippen molar-refractivity contribution in [1.29, 1.82) is 0 Å². The van der Waals surface area contributed by atoms with E-state index in [4.69, 9.17) is 27.8 Å². The minimum absolute atomic E-state index is 0.0163. The van der Waals surface area contributed by atoms with E-state index in [2.05, 4.69) is 37.5 Å². The lowest BCUT2D eigenvalue weighted by Crippen LogP contribution is -2.60. The summed E-state index contributed by atoms with van der Waals surface area (Å²) >= 11 is 6.02. The van der Waals surface area contributed by atoms with Gasteiger partial charge < -0.3 is 36.1 Å². The van der Waals surface area contributed by atoms with Crippen LogP contribution in [0.4, 0.5) is 11.6 Å². The molecule has 1 aromatic heterocycles. The van der Waals surface area contributed by atoms with E-state index in [9.17, 15) is 14.4 Å². The fourth-order valence-electron chi connectivity index (χ4n) is 6.00. The monoisotopic (exact) mass is 652 g/mol. The number of quaternary nitrogens is 1. The van der Waals surface area contributed by atoms with E-state index in [1.54, 1.807) is 19.2 Å². The number of carbonyl (C=O) groups excluding carboxylic acids is 3. The first-order valence-electron chi connectivity index (χ1n) is 15.4. The largest absolute Gasteiger partial charge is 0.497 e. The number of amides is 2. The van der Waals surface area contributed by atoms with E-state index in [1.165, 1.54) is 12.7 Å². The topological polar surface area (TPSA) is 172 Å². The van der Waals surface area contributed by atoms with Crippen LogP contribution < -0.4 is 26.8 Å². The number of aromatic nitrogens is 2. The Bertz CT molecular complexity index is 1500. The third-order valence-corrected chi connectivity index (χ3v) is 8.72. The first-order chi connectivity index (χ1) is 22.1. The zero-order chi connectivity index (χ0) is 33.1. The minimum atomic E-state index is -0.502. The summed E-state index contributed by atoms with van der Waals surface area (Å²) in [4.78, 5) is 44.9. The number of benzene rings is 2. The Balaban J connectivity index is 1.40. The maximum absolute atomic E-state index is 13.2. The first kappa shape index (κ1) is 34.5. The normalized spacial score (nSPS) is 17.6. The molecule has 2 aromatic carbocycles. The van der Waals surface area contributed by atoms with Gasteiger partial charge in [-0.25, -0.2) is 9.97 Å². The van der Waals surface area contributed by atoms with Gasteiger partial charge in [-0.2, -0.15) is 0 Å². The lowest BCUT2D eigenvalue weighted by molar-refractivity contribution is -0.933. The quantitative estimate of drug-likeness (QED) is 0.151. The van der Waals surface area contributed by atoms with Crippen molar-refractivity contribution in [1.82, 2.24) is 20.6 Å². The van der Waals surface area contributed by atoms with Gasteiger partial charge in [0.1, 0.15) is 12.3 Å². The zero-order valence-electron chi connectivity index (χ0n) is 26.4. The van der Waals surface area contributed by atoms with Crippen molar-refractivity contribution < 1.29 is 28.3 Å². The summed E-state index contributed by atoms with van der Waals surface area (Å²) in [6.07, 6.45) is 5.52. The molecule has 246 valence electrons. The molecule has 6 N–H and O–H groups in total. The SMILES string of the molecule is COC(=O)CNC(=O)c1ccc(CCC[N+]2(CCCc3ccc(OC)cc3)CCCC(NC(=O)c3nc(Cl)c(N)nc3N)C2)cc1. The summed E-state index contributed by atoms with van der Waals surface area (Å²) in [5, 5.41) is 5.63. The highest BCUT2D eigenvalue weighted by Crippen LogP contribution is 2.24. The number of halogens is 1. The fourth-order valence-corrected chi connectivity index (χ4v) is 6.13. The van der Waals surface area contributed by atoms with Gasteiger partial charge in [-0.05, 0) is 61.1 Å². The van der Waals surface area contributed by atoms with E-state index in [0.717, 1.165) is 80.5 Å². The third kappa shape index (κ3) is 9.54. The number of esters is 1. The Kier molecular flexibility index (Phi) is 12.2. The van der Waals surface area contributed by atoms with Crippen molar-refractivity contribution >= 4 is 41.0 Å². The van der Waals surface area contributed by atoms with Crippen molar-refractivity contribution in [3.05, 3.63) is 76.1 Å². The summed E-state index contributed by atoms with van der Waals surface area (Å²) in [6, 6.07) is 15.5. The van der Waals surface area contributed by atoms with Crippen LogP contribution in [0.5, 0.6) is 5.75 Å². The second-order valence-electron chi connectivity index (χ2n) is 11.7. The number of nitrogens with zero attached hydrogens (tertiary/aromatic N) is 3. The molecule has 1 aliphatic rings. The number of nitrogens with one attached hydrogen (secondary N) is 2. The molecule has 12 nitrogen and oxygen atoms in total. The number of methoxy groups -OCH3 is 2. The molecular weight excluding hydrogens is 610 g/mol. The Labute approximate surface area is 274 Å². The molecule has 1 fully saturated rings. The number of nitrogen functional groups attached to an aromatic ring is 2. The molecule has 0 saturated carbocycles. The predicted molar refractivity (Wildman–Crippen MR) is 177 cm³/mol. The standard InChI is InChI=1S/C33H42ClN7O5/c1-45-26-15-11-23(12-16-26)7-4-18-41(17-3-6-22-9-13-24(14-10-22)32(43)37-20-27(42)46-2)19-5-8-25(21-41)38-33(44)28-30(35)40-31(36)29(34)39-28/h9-16,25H,3-8,17-21H2,1-2H3,(H5-,35,36,37,38,40,43,44)/p+1. The van der Waals surface area contributed by atoms with Crippen molar-refractivity contribution in [3.8, 4) is 5.75 Å². The summed E-state index contributed by atoms with van der Waals surface area (Å²) in [6.45, 7) is 3.53. The van der Waals surface area contributed by atoms with Crippen molar-refractivity contribution in [3.63, 3.8) is 0 Å². The molecule has 2 atom stereocenters. The molecule has 4 rings (SSSR count). The number of carbonyl (C=O) groups is 3. The molecule has 1 saturated heterocycles. The molecule has 2 amide bonds. The van der Waals surface area contributed by atoms with Crippen LogP contribution in [-0.2, 0) is 22.4 Å². The number of rotatable bonds is 14. The molecule has 2 heterocycles. The number of hydrogen-bond donors (Lipinski definition) is 4. The maximum Gasteiger partial charge on any atom is 0.325 e. The van der Waals surface area contributed by atoms with Gasteiger partial charge in [0.2, 0.25) is 0 Å². The van der Waals surface area contributed by atoms with Gasteiger partial charge in [0.25, 0.3) is 11.8 Å². The molecule has 2 unspecified atom stereocenters. The van der Waals surface area contributed by atoms with E-state index < -0.39 is 11.9 Å². The fraction of sp³-hybridized carbons (Fsp3) is 0.424.